The van der Waals surface area contributed by atoms with Crippen LogP contribution in [0.1, 0.15) is 37.4 Å². The largest absolute Gasteiger partial charge is 0.483 e. The van der Waals surface area contributed by atoms with Crippen LogP contribution in [-0.2, 0) is 4.79 Å². The number of nitrogens with zero attached hydrogens (tertiary/aromatic N) is 1. The number of ether oxygens (including phenoxy) is 1. The molecule has 0 aliphatic carbocycles. The molecule has 1 aromatic rings. The van der Waals surface area contributed by atoms with E-state index in [0.29, 0.717) is 5.75 Å². The minimum absolute atomic E-state index is 0.00265. The highest BCUT2D eigenvalue weighted by molar-refractivity contribution is 5.77. The molecule has 1 unspecified atom stereocenters. The Hall–Kier alpha value is -2.06. The van der Waals surface area contributed by atoms with E-state index >= 15 is 0 Å². The Balaban J connectivity index is 2.73. The first-order valence-electron chi connectivity index (χ1n) is 7.18. The third-order valence-corrected chi connectivity index (χ3v) is 3.06. The zero-order valence-corrected chi connectivity index (χ0v) is 12.9. The van der Waals surface area contributed by atoms with Crippen molar-refractivity contribution in [1.29, 1.82) is 5.26 Å². The Labute approximate surface area is 126 Å². The van der Waals surface area contributed by atoms with Gasteiger partial charge in [-0.15, -0.1) is 0 Å². The lowest BCUT2D eigenvalue weighted by Crippen LogP contribution is -2.29. The Morgan fingerprint density at radius 3 is 2.90 bits per heavy atom. The third-order valence-electron chi connectivity index (χ3n) is 3.06. The van der Waals surface area contributed by atoms with Crippen LogP contribution >= 0.6 is 0 Å². The summed E-state index contributed by atoms with van der Waals surface area (Å²) in [5.74, 6) is 0.413. The van der Waals surface area contributed by atoms with E-state index in [4.69, 9.17) is 10.00 Å². The normalized spacial score (nSPS) is 11.5. The Kier molecular flexibility index (Phi) is 7.27. The topological polar surface area (TPSA) is 74.2 Å². The average molecular weight is 289 g/mol. The van der Waals surface area contributed by atoms with Crippen LogP contribution in [0.4, 0.5) is 0 Å². The summed E-state index contributed by atoms with van der Waals surface area (Å²) < 4.78 is 5.62. The molecule has 5 heteroatoms. The van der Waals surface area contributed by atoms with Crippen molar-refractivity contribution in [3.05, 3.63) is 29.3 Å². The first-order chi connectivity index (χ1) is 10.1. The fraction of sp³-hybridized carbons (Fsp3) is 0.500. The number of aryl methyl sites for hydroxylation is 1. The van der Waals surface area contributed by atoms with Gasteiger partial charge in [-0.3, -0.25) is 4.79 Å². The van der Waals surface area contributed by atoms with E-state index in [0.717, 1.165) is 24.1 Å². The lowest BCUT2D eigenvalue weighted by atomic mass is 10.0. The van der Waals surface area contributed by atoms with Crippen molar-refractivity contribution >= 4 is 5.91 Å². The van der Waals surface area contributed by atoms with Crippen molar-refractivity contribution in [2.45, 2.75) is 33.2 Å². The standard InChI is InChI=1S/C16H23N3O2/c1-4-8-18-13(3)14-6-5-12(2)10-15(14)21-11-16(20)19-9-7-17/h5-6,10,13,18H,4,8-9,11H2,1-3H3,(H,19,20). The molecule has 21 heavy (non-hydrogen) atoms. The van der Waals surface area contributed by atoms with E-state index in [1.165, 1.54) is 0 Å². The summed E-state index contributed by atoms with van der Waals surface area (Å²) in [6.07, 6.45) is 1.06. The monoisotopic (exact) mass is 289 g/mol. The molecular weight excluding hydrogens is 266 g/mol. The van der Waals surface area contributed by atoms with Gasteiger partial charge in [0.25, 0.3) is 5.91 Å². The van der Waals surface area contributed by atoms with Crippen LogP contribution in [0.5, 0.6) is 5.75 Å². The maximum absolute atomic E-state index is 11.5. The second kappa shape index (κ2) is 8.98. The predicted molar refractivity (Wildman–Crippen MR) is 82.0 cm³/mol. The van der Waals surface area contributed by atoms with Gasteiger partial charge >= 0.3 is 0 Å². The maximum atomic E-state index is 11.5. The van der Waals surface area contributed by atoms with Crippen LogP contribution in [0.3, 0.4) is 0 Å². The predicted octanol–water partition coefficient (Wildman–Crippen LogP) is 2.07. The maximum Gasteiger partial charge on any atom is 0.258 e. The van der Waals surface area contributed by atoms with E-state index in [2.05, 4.69) is 24.5 Å². The quantitative estimate of drug-likeness (QED) is 0.719. The van der Waals surface area contributed by atoms with Gasteiger partial charge in [0.2, 0.25) is 0 Å². The van der Waals surface area contributed by atoms with E-state index in [9.17, 15) is 4.79 Å². The highest BCUT2D eigenvalue weighted by atomic mass is 16.5. The van der Waals surface area contributed by atoms with Gasteiger partial charge in [-0.05, 0) is 38.4 Å². The van der Waals surface area contributed by atoms with Crippen molar-refractivity contribution < 1.29 is 9.53 Å². The zero-order valence-electron chi connectivity index (χ0n) is 12.9. The number of nitriles is 1. The van der Waals surface area contributed by atoms with Gasteiger partial charge in [-0.1, -0.05) is 19.1 Å². The summed E-state index contributed by atoms with van der Waals surface area (Å²) in [6.45, 7) is 7.01. The number of benzene rings is 1. The first kappa shape index (κ1) is 17.0. The van der Waals surface area contributed by atoms with Crippen LogP contribution in [-0.4, -0.2) is 25.6 Å². The summed E-state index contributed by atoms with van der Waals surface area (Å²) in [6, 6.07) is 7.99. The molecule has 1 atom stereocenters. The van der Waals surface area contributed by atoms with Crippen molar-refractivity contribution in [3.63, 3.8) is 0 Å². The molecule has 2 N–H and O–H groups in total. The molecule has 1 aromatic carbocycles. The number of nitrogens with one attached hydrogen (secondary N) is 2. The van der Waals surface area contributed by atoms with Gasteiger partial charge in [-0.2, -0.15) is 5.26 Å². The molecule has 0 saturated heterocycles. The lowest BCUT2D eigenvalue weighted by molar-refractivity contribution is -0.122. The van der Waals surface area contributed by atoms with Crippen LogP contribution in [0.15, 0.2) is 18.2 Å². The van der Waals surface area contributed by atoms with Crippen molar-refractivity contribution in [2.24, 2.45) is 0 Å². The van der Waals surface area contributed by atoms with Crippen LogP contribution in [0, 0.1) is 18.3 Å². The van der Waals surface area contributed by atoms with Gasteiger partial charge in [0.1, 0.15) is 12.3 Å². The molecular formula is C16H23N3O2. The smallest absolute Gasteiger partial charge is 0.258 e. The number of rotatable bonds is 8. The first-order valence-corrected chi connectivity index (χ1v) is 7.18. The van der Waals surface area contributed by atoms with Crippen molar-refractivity contribution in [2.75, 3.05) is 19.7 Å². The minimum atomic E-state index is -0.293. The van der Waals surface area contributed by atoms with E-state index in [1.54, 1.807) is 0 Å². The Morgan fingerprint density at radius 1 is 1.48 bits per heavy atom. The van der Waals surface area contributed by atoms with Gasteiger partial charge in [0.15, 0.2) is 6.61 Å². The summed E-state index contributed by atoms with van der Waals surface area (Å²) in [4.78, 5) is 11.5. The molecule has 0 aliphatic heterocycles. The molecule has 1 rings (SSSR count). The number of amides is 1. The number of hydrogen-bond donors (Lipinski definition) is 2. The minimum Gasteiger partial charge on any atom is -0.483 e. The van der Waals surface area contributed by atoms with Crippen LogP contribution in [0.25, 0.3) is 0 Å². The fourth-order valence-electron chi connectivity index (χ4n) is 1.93. The second-order valence-corrected chi connectivity index (χ2v) is 4.94. The highest BCUT2D eigenvalue weighted by Crippen LogP contribution is 2.26. The van der Waals surface area contributed by atoms with Crippen LogP contribution < -0.4 is 15.4 Å². The number of hydrogen-bond acceptors (Lipinski definition) is 4. The molecule has 114 valence electrons. The molecule has 0 spiro atoms. The molecule has 0 radical (unpaired) electrons. The van der Waals surface area contributed by atoms with Gasteiger partial charge in [0.05, 0.1) is 6.07 Å². The highest BCUT2D eigenvalue weighted by Gasteiger charge is 2.12. The third kappa shape index (κ3) is 5.84. The van der Waals surface area contributed by atoms with Crippen molar-refractivity contribution in [3.8, 4) is 11.8 Å². The molecule has 0 bridgehead atoms. The SMILES string of the molecule is CCCNC(C)c1ccc(C)cc1OCC(=O)NCC#N. The summed E-state index contributed by atoms with van der Waals surface area (Å²) in [7, 11) is 0. The zero-order chi connectivity index (χ0) is 15.7. The molecule has 0 aromatic heterocycles. The van der Waals surface area contributed by atoms with Gasteiger partial charge in [0, 0.05) is 11.6 Å². The fourth-order valence-corrected chi connectivity index (χ4v) is 1.93. The molecule has 0 aliphatic rings. The summed E-state index contributed by atoms with van der Waals surface area (Å²) in [5, 5.41) is 14.3. The van der Waals surface area contributed by atoms with E-state index < -0.39 is 0 Å². The lowest BCUT2D eigenvalue weighted by Gasteiger charge is -2.18. The molecule has 0 heterocycles. The van der Waals surface area contributed by atoms with Gasteiger partial charge in [-0.25, -0.2) is 0 Å². The molecule has 5 nitrogen and oxygen atoms in total. The van der Waals surface area contributed by atoms with Crippen LogP contribution in [0.2, 0.25) is 0 Å². The second-order valence-electron chi connectivity index (χ2n) is 4.94. The van der Waals surface area contributed by atoms with Gasteiger partial charge < -0.3 is 15.4 Å². The average Bonchev–Trinajstić information content (AvgIpc) is 2.48. The Morgan fingerprint density at radius 2 is 2.24 bits per heavy atom. The van der Waals surface area contributed by atoms with E-state index in [-0.39, 0.29) is 25.1 Å². The molecule has 0 saturated carbocycles. The Bertz CT molecular complexity index is 509. The number of carbonyl (C=O) groups is 1. The molecule has 0 fully saturated rings. The van der Waals surface area contributed by atoms with Crippen molar-refractivity contribution in [1.82, 2.24) is 10.6 Å². The summed E-state index contributed by atoms with van der Waals surface area (Å²) in [5.41, 5.74) is 2.11. The number of carbonyl (C=O) groups excluding carboxylic acids is 1. The van der Waals surface area contributed by atoms with E-state index in [1.807, 2.05) is 31.2 Å². The summed E-state index contributed by atoms with van der Waals surface area (Å²) >= 11 is 0. The molecule has 1 amide bonds.